The van der Waals surface area contributed by atoms with Crippen LogP contribution in [0.3, 0.4) is 0 Å². The second-order valence-electron chi connectivity index (χ2n) is 2.36. The van der Waals surface area contributed by atoms with Crippen LogP contribution in [0.1, 0.15) is 6.42 Å². The third-order valence-corrected chi connectivity index (χ3v) is 2.88. The fourth-order valence-corrected chi connectivity index (χ4v) is 2.07. The summed E-state index contributed by atoms with van der Waals surface area (Å²) in [7, 11) is 0. The molecule has 1 saturated heterocycles. The second kappa shape index (κ2) is 3.87. The summed E-state index contributed by atoms with van der Waals surface area (Å²) in [5.41, 5.74) is 5.30. The Morgan fingerprint density at radius 1 is 1.36 bits per heavy atom. The number of halogens is 4. The predicted molar refractivity (Wildman–Crippen MR) is 42.1 cm³/mol. The van der Waals surface area contributed by atoms with Crippen molar-refractivity contribution in [2.45, 2.75) is 23.9 Å². The van der Waals surface area contributed by atoms with Gasteiger partial charge in [-0.3, -0.25) is 0 Å². The Labute approximate surface area is 73.3 Å². The van der Waals surface area contributed by atoms with Crippen molar-refractivity contribution in [3.8, 4) is 0 Å². The lowest BCUT2D eigenvalue weighted by Gasteiger charge is -2.12. The molecule has 0 aliphatic carbocycles. The zero-order valence-corrected chi connectivity index (χ0v) is 7.23. The molecule has 0 spiro atoms. The van der Waals surface area contributed by atoms with Crippen molar-refractivity contribution in [1.29, 1.82) is 0 Å². The summed E-state index contributed by atoms with van der Waals surface area (Å²) in [6.45, 7) is 0. The lowest BCUT2D eigenvalue weighted by Crippen LogP contribution is -2.27. The van der Waals surface area contributed by atoms with E-state index in [0.717, 1.165) is 11.8 Å². The molecule has 0 bridgehead atoms. The summed E-state index contributed by atoms with van der Waals surface area (Å²) in [6, 6.07) is -0.267. The maximum absolute atomic E-state index is 11.9. The van der Waals surface area contributed by atoms with E-state index in [4.69, 9.17) is 5.73 Å². The molecule has 1 heterocycles. The highest BCUT2D eigenvalue weighted by Gasteiger charge is 2.43. The maximum atomic E-state index is 11.9. The molecule has 0 aromatic heterocycles. The number of alkyl halides is 3. The highest BCUT2D eigenvalue weighted by atomic mass is 35.5. The van der Waals surface area contributed by atoms with Crippen molar-refractivity contribution in [2.24, 2.45) is 5.73 Å². The van der Waals surface area contributed by atoms with Crippen molar-refractivity contribution in [2.75, 3.05) is 5.75 Å². The summed E-state index contributed by atoms with van der Waals surface area (Å²) >= 11 is 0.907. The molecular weight excluding hydrogens is 199 g/mol. The van der Waals surface area contributed by atoms with Gasteiger partial charge in [0.15, 0.2) is 0 Å². The summed E-state index contributed by atoms with van der Waals surface area (Å²) in [5, 5.41) is -1.22. The Morgan fingerprint density at radius 2 is 1.91 bits per heavy atom. The SMILES string of the molecule is Cl.NC1CSC(C(F)(F)F)C1. The van der Waals surface area contributed by atoms with E-state index in [1.807, 2.05) is 0 Å². The van der Waals surface area contributed by atoms with Gasteiger partial charge in [-0.1, -0.05) is 0 Å². The quantitative estimate of drug-likeness (QED) is 0.656. The van der Waals surface area contributed by atoms with Gasteiger partial charge in [-0.2, -0.15) is 13.2 Å². The van der Waals surface area contributed by atoms with E-state index in [9.17, 15) is 13.2 Å². The van der Waals surface area contributed by atoms with Crippen LogP contribution < -0.4 is 5.73 Å². The molecule has 0 saturated carbocycles. The summed E-state index contributed by atoms with van der Waals surface area (Å²) in [5.74, 6) is 0.435. The van der Waals surface area contributed by atoms with Gasteiger partial charge in [-0.15, -0.1) is 24.2 Å². The highest BCUT2D eigenvalue weighted by molar-refractivity contribution is 8.00. The van der Waals surface area contributed by atoms with Gasteiger partial charge in [0.05, 0.1) is 0 Å². The highest BCUT2D eigenvalue weighted by Crippen LogP contribution is 2.38. The fraction of sp³-hybridized carbons (Fsp3) is 1.00. The molecule has 0 aromatic rings. The molecule has 2 N–H and O–H groups in total. The van der Waals surface area contributed by atoms with E-state index in [2.05, 4.69) is 0 Å². The molecule has 0 aromatic carbocycles. The van der Waals surface area contributed by atoms with Crippen LogP contribution in [0.25, 0.3) is 0 Å². The van der Waals surface area contributed by atoms with Crippen molar-refractivity contribution >= 4 is 24.2 Å². The van der Waals surface area contributed by atoms with Crippen LogP contribution >= 0.6 is 24.2 Å². The van der Waals surface area contributed by atoms with E-state index in [-0.39, 0.29) is 24.9 Å². The summed E-state index contributed by atoms with van der Waals surface area (Å²) in [4.78, 5) is 0. The zero-order chi connectivity index (χ0) is 7.78. The number of hydrogen-bond donors (Lipinski definition) is 1. The van der Waals surface area contributed by atoms with E-state index < -0.39 is 11.4 Å². The van der Waals surface area contributed by atoms with Crippen LogP contribution in [0, 0.1) is 0 Å². The Bertz CT molecular complexity index is 129. The molecule has 11 heavy (non-hydrogen) atoms. The molecule has 6 heteroatoms. The molecule has 1 rings (SSSR count). The summed E-state index contributed by atoms with van der Waals surface area (Å²) in [6.07, 6.45) is -3.98. The van der Waals surface area contributed by atoms with Crippen LogP contribution in [0.15, 0.2) is 0 Å². The van der Waals surface area contributed by atoms with Gasteiger partial charge in [-0.25, -0.2) is 0 Å². The van der Waals surface area contributed by atoms with Gasteiger partial charge in [0.1, 0.15) is 5.25 Å². The monoisotopic (exact) mass is 207 g/mol. The maximum Gasteiger partial charge on any atom is 0.400 e. The third kappa shape index (κ3) is 3.09. The van der Waals surface area contributed by atoms with Crippen LogP contribution in [-0.4, -0.2) is 23.2 Å². The minimum atomic E-state index is -4.06. The van der Waals surface area contributed by atoms with Crippen LogP contribution in [0.5, 0.6) is 0 Å². The Morgan fingerprint density at radius 3 is 2.09 bits per heavy atom. The smallest absolute Gasteiger partial charge is 0.327 e. The number of hydrogen-bond acceptors (Lipinski definition) is 2. The fourth-order valence-electron chi connectivity index (χ4n) is 0.879. The number of nitrogens with two attached hydrogens (primary N) is 1. The largest absolute Gasteiger partial charge is 0.400 e. The van der Waals surface area contributed by atoms with Crippen molar-refractivity contribution in [3.05, 3.63) is 0 Å². The van der Waals surface area contributed by atoms with E-state index in [0.29, 0.717) is 5.75 Å². The standard InChI is InChI=1S/C5H8F3NS.ClH/c6-5(7,8)4-1-3(9)2-10-4;/h3-4H,1-2,9H2;1H. The molecule has 0 amide bonds. The van der Waals surface area contributed by atoms with Gasteiger partial charge in [0.2, 0.25) is 0 Å². The van der Waals surface area contributed by atoms with Gasteiger partial charge in [-0.05, 0) is 6.42 Å². The van der Waals surface area contributed by atoms with Crippen molar-refractivity contribution < 1.29 is 13.2 Å². The Kier molecular flexibility index (Phi) is 4.00. The van der Waals surface area contributed by atoms with Gasteiger partial charge in [0, 0.05) is 11.8 Å². The van der Waals surface area contributed by atoms with Gasteiger partial charge < -0.3 is 5.73 Å². The molecule has 2 unspecified atom stereocenters. The molecular formula is C5H9ClF3NS. The molecule has 2 atom stereocenters. The Balaban J connectivity index is 0.000001000. The lowest BCUT2D eigenvalue weighted by atomic mass is 10.2. The first kappa shape index (κ1) is 11.4. The topological polar surface area (TPSA) is 26.0 Å². The molecule has 68 valence electrons. The number of thioether (sulfide) groups is 1. The van der Waals surface area contributed by atoms with Crippen LogP contribution in [0.4, 0.5) is 13.2 Å². The minimum Gasteiger partial charge on any atom is -0.327 e. The van der Waals surface area contributed by atoms with E-state index in [1.165, 1.54) is 0 Å². The van der Waals surface area contributed by atoms with Crippen molar-refractivity contribution in [3.63, 3.8) is 0 Å². The number of rotatable bonds is 0. The first-order valence-corrected chi connectivity index (χ1v) is 3.99. The second-order valence-corrected chi connectivity index (χ2v) is 3.60. The van der Waals surface area contributed by atoms with E-state index >= 15 is 0 Å². The zero-order valence-electron chi connectivity index (χ0n) is 5.60. The molecule has 1 nitrogen and oxygen atoms in total. The van der Waals surface area contributed by atoms with Gasteiger partial charge >= 0.3 is 6.18 Å². The van der Waals surface area contributed by atoms with E-state index in [1.54, 1.807) is 0 Å². The average Bonchev–Trinajstić information content (AvgIpc) is 2.11. The lowest BCUT2D eigenvalue weighted by molar-refractivity contribution is -0.129. The van der Waals surface area contributed by atoms with Crippen molar-refractivity contribution in [1.82, 2.24) is 0 Å². The Hall–Kier alpha value is 0.390. The average molecular weight is 208 g/mol. The third-order valence-electron chi connectivity index (χ3n) is 1.39. The predicted octanol–water partition coefficient (Wildman–Crippen LogP) is 1.80. The van der Waals surface area contributed by atoms with Gasteiger partial charge in [0.25, 0.3) is 0 Å². The van der Waals surface area contributed by atoms with Crippen LogP contribution in [0.2, 0.25) is 0 Å². The first-order valence-electron chi connectivity index (χ1n) is 2.94. The molecule has 1 fully saturated rings. The molecule has 1 aliphatic heterocycles. The van der Waals surface area contributed by atoms with Crippen LogP contribution in [-0.2, 0) is 0 Å². The first-order chi connectivity index (χ1) is 4.50. The minimum absolute atomic E-state index is 0. The normalized spacial score (nSPS) is 31.6. The molecule has 0 radical (unpaired) electrons. The summed E-state index contributed by atoms with van der Waals surface area (Å²) < 4.78 is 35.6. The molecule has 1 aliphatic rings.